The SMILES string of the molecule is CC[C@H]1CC[C@@H](Oc2ccc3ccc(C(C)N4C5CCC4CC(C(=O)O)C5)cc3c2C#N)CC1. The molecule has 0 aromatic heterocycles. The van der Waals surface area contributed by atoms with Gasteiger partial charge in [-0.3, -0.25) is 9.69 Å². The lowest BCUT2D eigenvalue weighted by Gasteiger charge is -2.41. The number of nitrogens with zero attached hydrogens (tertiary/aromatic N) is 2. The Kier molecular flexibility index (Phi) is 6.53. The highest BCUT2D eigenvalue weighted by Gasteiger charge is 2.45. The zero-order chi connectivity index (χ0) is 23.8. The van der Waals surface area contributed by atoms with Crippen molar-refractivity contribution >= 4 is 16.7 Å². The van der Waals surface area contributed by atoms with Crippen LogP contribution in [0.3, 0.4) is 0 Å². The first-order chi connectivity index (χ1) is 16.5. The summed E-state index contributed by atoms with van der Waals surface area (Å²) in [5.74, 6) is 0.660. The van der Waals surface area contributed by atoms with Gasteiger partial charge in [-0.2, -0.15) is 5.26 Å². The number of carboxylic acids is 1. The monoisotopic (exact) mass is 460 g/mol. The molecular formula is C29H36N2O3. The van der Waals surface area contributed by atoms with Crippen molar-refractivity contribution in [2.75, 3.05) is 0 Å². The van der Waals surface area contributed by atoms with Gasteiger partial charge < -0.3 is 9.84 Å². The molecule has 0 amide bonds. The molecule has 1 aliphatic carbocycles. The third-order valence-corrected chi connectivity index (χ3v) is 8.85. The van der Waals surface area contributed by atoms with Gasteiger partial charge in [0.1, 0.15) is 17.4 Å². The van der Waals surface area contributed by atoms with Crippen molar-refractivity contribution in [1.82, 2.24) is 4.90 Å². The summed E-state index contributed by atoms with van der Waals surface area (Å²) in [6, 6.07) is 13.8. The van der Waals surface area contributed by atoms with Crippen LogP contribution < -0.4 is 4.74 Å². The molecule has 2 aromatic rings. The van der Waals surface area contributed by atoms with Crippen LogP contribution in [0.5, 0.6) is 5.75 Å². The molecule has 2 aliphatic heterocycles. The number of ether oxygens (including phenoxy) is 1. The molecule has 1 saturated carbocycles. The van der Waals surface area contributed by atoms with Gasteiger partial charge in [0.2, 0.25) is 0 Å². The van der Waals surface area contributed by atoms with E-state index in [-0.39, 0.29) is 18.1 Å². The van der Waals surface area contributed by atoms with Gasteiger partial charge in [-0.1, -0.05) is 31.5 Å². The molecule has 0 radical (unpaired) electrons. The van der Waals surface area contributed by atoms with Crippen molar-refractivity contribution in [2.24, 2.45) is 11.8 Å². The van der Waals surface area contributed by atoms with Gasteiger partial charge in [0.25, 0.3) is 0 Å². The first-order valence-corrected chi connectivity index (χ1v) is 13.1. The van der Waals surface area contributed by atoms with Gasteiger partial charge in [0.15, 0.2) is 0 Å². The van der Waals surface area contributed by atoms with Crippen LogP contribution in [0, 0.1) is 23.2 Å². The average Bonchev–Trinajstić information content (AvgIpc) is 3.12. The summed E-state index contributed by atoms with van der Waals surface area (Å²) in [6.07, 6.45) is 9.61. The number of hydrogen-bond acceptors (Lipinski definition) is 4. The van der Waals surface area contributed by atoms with Gasteiger partial charge in [0, 0.05) is 23.5 Å². The Balaban J connectivity index is 1.39. The van der Waals surface area contributed by atoms with Crippen LogP contribution in [-0.4, -0.2) is 34.2 Å². The highest BCUT2D eigenvalue weighted by Crippen LogP contribution is 2.44. The van der Waals surface area contributed by atoms with E-state index < -0.39 is 5.97 Å². The molecule has 2 saturated heterocycles. The van der Waals surface area contributed by atoms with Crippen molar-refractivity contribution in [1.29, 1.82) is 5.26 Å². The average molecular weight is 461 g/mol. The van der Waals surface area contributed by atoms with Gasteiger partial charge in [-0.25, -0.2) is 0 Å². The fourth-order valence-corrected chi connectivity index (χ4v) is 6.85. The highest BCUT2D eigenvalue weighted by molar-refractivity contribution is 5.90. The molecule has 3 fully saturated rings. The van der Waals surface area contributed by atoms with E-state index in [1.165, 1.54) is 24.8 Å². The summed E-state index contributed by atoms with van der Waals surface area (Å²) in [6.45, 7) is 4.49. The van der Waals surface area contributed by atoms with E-state index >= 15 is 0 Å². The Labute approximate surface area is 202 Å². The second kappa shape index (κ2) is 9.58. The van der Waals surface area contributed by atoms with Gasteiger partial charge >= 0.3 is 5.97 Å². The fraction of sp³-hybridized carbons (Fsp3) is 0.586. The standard InChI is InChI=1S/C29H36N2O3/c1-3-19-4-11-25(12-5-19)34-28-13-8-20-6-7-21(16-26(20)27(28)17-30)18(2)31-23-9-10-24(31)15-22(14-23)29(32)33/h6-8,13,16,18-19,22-25H,3-5,9-12,14-15H2,1-2H3,(H,32,33)/t18?,19-,22?,23?,24?,25+. The first kappa shape index (κ1) is 23.2. The molecule has 3 aliphatic rings. The lowest BCUT2D eigenvalue weighted by molar-refractivity contribution is -0.144. The summed E-state index contributed by atoms with van der Waals surface area (Å²) in [4.78, 5) is 14.1. The Morgan fingerprint density at radius 1 is 1.12 bits per heavy atom. The van der Waals surface area contributed by atoms with E-state index in [0.717, 1.165) is 55.2 Å². The van der Waals surface area contributed by atoms with Crippen LogP contribution in [-0.2, 0) is 4.79 Å². The van der Waals surface area contributed by atoms with Gasteiger partial charge in [-0.15, -0.1) is 0 Å². The predicted octanol–water partition coefficient (Wildman–Crippen LogP) is 6.45. The summed E-state index contributed by atoms with van der Waals surface area (Å²) in [5.41, 5.74) is 1.83. The number of carbonyl (C=O) groups is 1. The van der Waals surface area contributed by atoms with Crippen LogP contribution in [0.15, 0.2) is 30.3 Å². The van der Waals surface area contributed by atoms with E-state index in [9.17, 15) is 15.2 Å². The quantitative estimate of drug-likeness (QED) is 0.536. The molecule has 180 valence electrons. The lowest BCUT2D eigenvalue weighted by atomic mass is 9.86. The van der Waals surface area contributed by atoms with Crippen LogP contribution >= 0.6 is 0 Å². The molecule has 3 unspecified atom stereocenters. The minimum absolute atomic E-state index is 0.192. The number of benzene rings is 2. The number of aliphatic carboxylic acids is 1. The van der Waals surface area contributed by atoms with Crippen molar-refractivity contribution in [2.45, 2.75) is 95.9 Å². The molecule has 2 heterocycles. The molecule has 2 bridgehead atoms. The fourth-order valence-electron chi connectivity index (χ4n) is 6.85. The maximum Gasteiger partial charge on any atom is 0.306 e. The maximum atomic E-state index is 11.6. The summed E-state index contributed by atoms with van der Waals surface area (Å²) in [7, 11) is 0. The van der Waals surface area contributed by atoms with Crippen LogP contribution in [0.4, 0.5) is 0 Å². The van der Waals surface area contributed by atoms with E-state index in [0.29, 0.717) is 23.4 Å². The number of piperidine rings is 1. The molecule has 0 spiro atoms. The topological polar surface area (TPSA) is 73.6 Å². The molecule has 5 heteroatoms. The Morgan fingerprint density at radius 2 is 1.79 bits per heavy atom. The second-order valence-corrected chi connectivity index (χ2v) is 10.7. The Morgan fingerprint density at radius 3 is 2.41 bits per heavy atom. The number of carboxylic acid groups (broad SMARTS) is 1. The third-order valence-electron chi connectivity index (χ3n) is 8.85. The summed E-state index contributed by atoms with van der Waals surface area (Å²) in [5, 5.41) is 21.6. The van der Waals surface area contributed by atoms with E-state index in [4.69, 9.17) is 4.74 Å². The van der Waals surface area contributed by atoms with E-state index in [1.807, 2.05) is 6.07 Å². The summed E-state index contributed by atoms with van der Waals surface area (Å²) >= 11 is 0. The van der Waals surface area contributed by atoms with Crippen molar-refractivity contribution in [3.63, 3.8) is 0 Å². The number of hydrogen-bond donors (Lipinski definition) is 1. The zero-order valence-corrected chi connectivity index (χ0v) is 20.4. The molecule has 5 rings (SSSR count). The molecule has 5 nitrogen and oxygen atoms in total. The molecule has 2 aromatic carbocycles. The predicted molar refractivity (Wildman–Crippen MR) is 133 cm³/mol. The molecule has 34 heavy (non-hydrogen) atoms. The Bertz CT molecular complexity index is 1080. The maximum absolute atomic E-state index is 11.6. The van der Waals surface area contributed by atoms with E-state index in [1.54, 1.807) is 0 Å². The number of nitriles is 1. The first-order valence-electron chi connectivity index (χ1n) is 13.1. The zero-order valence-electron chi connectivity index (χ0n) is 20.4. The number of rotatable bonds is 6. The molecular weight excluding hydrogens is 424 g/mol. The second-order valence-electron chi connectivity index (χ2n) is 10.7. The molecule has 1 N–H and O–H groups in total. The van der Waals surface area contributed by atoms with Crippen molar-refractivity contribution in [3.8, 4) is 11.8 Å². The van der Waals surface area contributed by atoms with Crippen molar-refractivity contribution < 1.29 is 14.6 Å². The normalized spacial score (nSPS) is 30.1. The van der Waals surface area contributed by atoms with E-state index in [2.05, 4.69) is 49.1 Å². The molecule has 3 atom stereocenters. The smallest absolute Gasteiger partial charge is 0.306 e. The van der Waals surface area contributed by atoms with Crippen molar-refractivity contribution in [3.05, 3.63) is 41.5 Å². The van der Waals surface area contributed by atoms with Gasteiger partial charge in [0.05, 0.1) is 12.0 Å². The Hall–Kier alpha value is -2.58. The van der Waals surface area contributed by atoms with Crippen LogP contribution in [0.1, 0.15) is 88.8 Å². The highest BCUT2D eigenvalue weighted by atomic mass is 16.5. The number of fused-ring (bicyclic) bond motifs is 3. The lowest BCUT2D eigenvalue weighted by Crippen LogP contribution is -2.45. The van der Waals surface area contributed by atoms with Crippen LogP contribution in [0.2, 0.25) is 0 Å². The van der Waals surface area contributed by atoms with Gasteiger partial charge in [-0.05, 0) is 87.3 Å². The third kappa shape index (κ3) is 4.29. The largest absolute Gasteiger partial charge is 0.489 e. The minimum Gasteiger partial charge on any atom is -0.489 e. The summed E-state index contributed by atoms with van der Waals surface area (Å²) < 4.78 is 6.38. The minimum atomic E-state index is -0.649. The van der Waals surface area contributed by atoms with Crippen LogP contribution in [0.25, 0.3) is 10.8 Å².